The number of aliphatic hydroxyl groups is 1. The molecule has 0 aliphatic carbocycles. The molecule has 0 aromatic rings. The summed E-state index contributed by atoms with van der Waals surface area (Å²) in [5.74, 6) is -0.209. The van der Waals surface area contributed by atoms with E-state index in [0.717, 1.165) is 64.2 Å². The molecular formula is C48H88O4. The van der Waals surface area contributed by atoms with Gasteiger partial charge in [0.15, 0.2) is 0 Å². The van der Waals surface area contributed by atoms with Crippen molar-refractivity contribution in [2.75, 3.05) is 19.8 Å². The van der Waals surface area contributed by atoms with Crippen LogP contribution in [0.4, 0.5) is 0 Å². The van der Waals surface area contributed by atoms with Crippen LogP contribution in [0.15, 0.2) is 48.6 Å². The molecule has 0 saturated heterocycles. The zero-order valence-corrected chi connectivity index (χ0v) is 34.8. The quantitative estimate of drug-likeness (QED) is 0.0386. The van der Waals surface area contributed by atoms with Crippen molar-refractivity contribution in [2.24, 2.45) is 0 Å². The first-order valence-corrected chi connectivity index (χ1v) is 22.7. The van der Waals surface area contributed by atoms with Crippen LogP contribution in [0.1, 0.15) is 226 Å². The number of aliphatic hydroxyl groups excluding tert-OH is 1. The minimum absolute atomic E-state index is 0.184. The van der Waals surface area contributed by atoms with Crippen molar-refractivity contribution in [3.05, 3.63) is 48.6 Å². The van der Waals surface area contributed by atoms with Gasteiger partial charge in [0.1, 0.15) is 6.10 Å². The standard InChI is InChI=1S/C48H88O4/c1-3-5-7-9-11-13-15-17-19-21-22-23-24-25-26-27-28-29-31-33-35-37-39-41-43-48(50)52-47(45-49)46-51-44-42-40-38-36-34-32-30-20-18-16-14-12-10-8-6-4-2/h6,8,12,14,18,20,32,34,47,49H,3-5,7,9-11,13,15-17,19,21-31,33,35-46H2,1-2H3/b8-6-,14-12-,20-18-,34-32-. The average molecular weight is 729 g/mol. The number of unbranched alkanes of at least 4 members (excludes halogenated alkanes) is 26. The first-order valence-electron chi connectivity index (χ1n) is 22.7. The number of hydrogen-bond donors (Lipinski definition) is 1. The molecule has 0 aliphatic rings. The van der Waals surface area contributed by atoms with Gasteiger partial charge in [-0.25, -0.2) is 0 Å². The van der Waals surface area contributed by atoms with E-state index in [9.17, 15) is 9.90 Å². The van der Waals surface area contributed by atoms with E-state index in [4.69, 9.17) is 9.47 Å². The molecule has 52 heavy (non-hydrogen) atoms. The van der Waals surface area contributed by atoms with E-state index in [-0.39, 0.29) is 19.2 Å². The van der Waals surface area contributed by atoms with Crippen molar-refractivity contribution in [3.8, 4) is 0 Å². The molecule has 0 rings (SSSR count). The number of rotatable bonds is 42. The fraction of sp³-hybridized carbons (Fsp3) is 0.812. The maximum absolute atomic E-state index is 12.2. The highest BCUT2D eigenvalue weighted by atomic mass is 16.6. The average Bonchev–Trinajstić information content (AvgIpc) is 3.15. The second kappa shape index (κ2) is 45.5. The van der Waals surface area contributed by atoms with Gasteiger partial charge in [0.25, 0.3) is 0 Å². The molecule has 1 atom stereocenters. The summed E-state index contributed by atoms with van der Waals surface area (Å²) in [6, 6.07) is 0. The molecule has 0 amide bonds. The fourth-order valence-corrected chi connectivity index (χ4v) is 6.56. The van der Waals surface area contributed by atoms with Crippen LogP contribution in [-0.2, 0) is 14.3 Å². The fourth-order valence-electron chi connectivity index (χ4n) is 6.56. The third kappa shape index (κ3) is 42.8. The van der Waals surface area contributed by atoms with E-state index < -0.39 is 6.10 Å². The Morgan fingerprint density at radius 2 is 0.865 bits per heavy atom. The maximum Gasteiger partial charge on any atom is 0.306 e. The van der Waals surface area contributed by atoms with Crippen LogP contribution < -0.4 is 0 Å². The van der Waals surface area contributed by atoms with Gasteiger partial charge < -0.3 is 14.6 Å². The minimum Gasteiger partial charge on any atom is -0.457 e. The van der Waals surface area contributed by atoms with Gasteiger partial charge in [-0.05, 0) is 51.4 Å². The molecule has 1 N–H and O–H groups in total. The minimum atomic E-state index is -0.550. The molecule has 0 heterocycles. The number of esters is 1. The molecule has 0 spiro atoms. The van der Waals surface area contributed by atoms with Crippen LogP contribution in [0.2, 0.25) is 0 Å². The summed E-state index contributed by atoms with van der Waals surface area (Å²) in [6.07, 6.45) is 59.1. The van der Waals surface area contributed by atoms with E-state index in [2.05, 4.69) is 62.5 Å². The molecular weight excluding hydrogens is 641 g/mol. The molecule has 0 saturated carbocycles. The molecule has 1 unspecified atom stereocenters. The van der Waals surface area contributed by atoms with Gasteiger partial charge in [0.05, 0.1) is 13.2 Å². The molecule has 4 nitrogen and oxygen atoms in total. The van der Waals surface area contributed by atoms with Crippen LogP contribution in [0.3, 0.4) is 0 Å². The van der Waals surface area contributed by atoms with Crippen LogP contribution in [-0.4, -0.2) is 37.0 Å². The van der Waals surface area contributed by atoms with Crippen molar-refractivity contribution >= 4 is 5.97 Å². The second-order valence-corrected chi connectivity index (χ2v) is 15.1. The molecule has 0 aliphatic heterocycles. The lowest BCUT2D eigenvalue weighted by Crippen LogP contribution is -2.27. The van der Waals surface area contributed by atoms with Crippen molar-refractivity contribution in [3.63, 3.8) is 0 Å². The Bertz CT molecular complexity index is 813. The monoisotopic (exact) mass is 729 g/mol. The Balaban J connectivity index is 3.42. The van der Waals surface area contributed by atoms with Crippen LogP contribution in [0, 0.1) is 0 Å². The zero-order chi connectivity index (χ0) is 37.7. The lowest BCUT2D eigenvalue weighted by molar-refractivity contribution is -0.154. The smallest absolute Gasteiger partial charge is 0.306 e. The Morgan fingerprint density at radius 1 is 0.481 bits per heavy atom. The van der Waals surface area contributed by atoms with E-state index in [0.29, 0.717) is 13.0 Å². The first-order chi connectivity index (χ1) is 25.7. The Labute approximate surface area is 324 Å². The van der Waals surface area contributed by atoms with Gasteiger partial charge in [-0.2, -0.15) is 0 Å². The number of ether oxygens (including phenoxy) is 2. The predicted octanol–water partition coefficient (Wildman–Crippen LogP) is 15.0. The topological polar surface area (TPSA) is 55.8 Å². The Kier molecular flexibility index (Phi) is 44.1. The van der Waals surface area contributed by atoms with Gasteiger partial charge in [0.2, 0.25) is 0 Å². The molecule has 0 radical (unpaired) electrons. The summed E-state index contributed by atoms with van der Waals surface area (Å²) in [5, 5.41) is 9.60. The largest absolute Gasteiger partial charge is 0.457 e. The zero-order valence-electron chi connectivity index (χ0n) is 34.8. The SMILES string of the molecule is CC/C=C\C/C=C\C/C=C\C/C=C\CCCCCOCC(CO)OC(=O)CCCCCCCCCCCCCCCCCCCCCCCCCC. The third-order valence-electron chi connectivity index (χ3n) is 9.92. The summed E-state index contributed by atoms with van der Waals surface area (Å²) < 4.78 is 11.1. The predicted molar refractivity (Wildman–Crippen MR) is 228 cm³/mol. The van der Waals surface area contributed by atoms with E-state index in [1.54, 1.807) is 0 Å². The third-order valence-corrected chi connectivity index (χ3v) is 9.92. The number of hydrogen-bond acceptors (Lipinski definition) is 4. The molecule has 0 aromatic heterocycles. The summed E-state index contributed by atoms with van der Waals surface area (Å²) in [6.45, 7) is 5.19. The van der Waals surface area contributed by atoms with Crippen LogP contribution in [0.25, 0.3) is 0 Å². The van der Waals surface area contributed by atoms with Crippen molar-refractivity contribution in [2.45, 2.75) is 232 Å². The van der Waals surface area contributed by atoms with Crippen molar-refractivity contribution < 1.29 is 19.4 Å². The summed E-state index contributed by atoms with van der Waals surface area (Å²) in [4.78, 5) is 12.2. The number of allylic oxidation sites excluding steroid dienone is 8. The van der Waals surface area contributed by atoms with Gasteiger partial charge in [-0.1, -0.05) is 217 Å². The summed E-state index contributed by atoms with van der Waals surface area (Å²) in [7, 11) is 0. The normalized spacial score (nSPS) is 12.8. The van der Waals surface area contributed by atoms with Crippen molar-refractivity contribution in [1.82, 2.24) is 0 Å². The van der Waals surface area contributed by atoms with E-state index in [1.807, 2.05) is 0 Å². The molecule has 304 valence electrons. The first kappa shape index (κ1) is 50.4. The summed E-state index contributed by atoms with van der Waals surface area (Å²) in [5.41, 5.74) is 0. The molecule has 4 heteroatoms. The maximum atomic E-state index is 12.2. The molecule has 0 bridgehead atoms. The van der Waals surface area contributed by atoms with E-state index >= 15 is 0 Å². The number of carbonyl (C=O) groups is 1. The lowest BCUT2D eigenvalue weighted by atomic mass is 10.0. The van der Waals surface area contributed by atoms with Crippen molar-refractivity contribution in [1.29, 1.82) is 0 Å². The van der Waals surface area contributed by atoms with Crippen LogP contribution in [0.5, 0.6) is 0 Å². The second-order valence-electron chi connectivity index (χ2n) is 15.1. The highest BCUT2D eigenvalue weighted by Crippen LogP contribution is 2.16. The van der Waals surface area contributed by atoms with Gasteiger partial charge in [-0.3, -0.25) is 4.79 Å². The highest BCUT2D eigenvalue weighted by molar-refractivity contribution is 5.69. The van der Waals surface area contributed by atoms with Crippen LogP contribution >= 0.6 is 0 Å². The Hall–Kier alpha value is -1.65. The highest BCUT2D eigenvalue weighted by Gasteiger charge is 2.13. The molecule has 0 fully saturated rings. The van der Waals surface area contributed by atoms with Gasteiger partial charge >= 0.3 is 5.97 Å². The van der Waals surface area contributed by atoms with Gasteiger partial charge in [0, 0.05) is 13.0 Å². The summed E-state index contributed by atoms with van der Waals surface area (Å²) >= 11 is 0. The van der Waals surface area contributed by atoms with Gasteiger partial charge in [-0.15, -0.1) is 0 Å². The van der Waals surface area contributed by atoms with E-state index in [1.165, 1.54) is 141 Å². The Morgan fingerprint density at radius 3 is 1.29 bits per heavy atom. The number of carbonyl (C=O) groups excluding carboxylic acids is 1. The lowest BCUT2D eigenvalue weighted by Gasteiger charge is -2.15. The molecule has 0 aromatic carbocycles.